The number of amides is 3. The van der Waals surface area contributed by atoms with E-state index in [0.29, 0.717) is 18.5 Å². The van der Waals surface area contributed by atoms with E-state index in [2.05, 4.69) is 11.9 Å². The number of nitrogens with zero attached hydrogens (tertiary/aromatic N) is 1. The van der Waals surface area contributed by atoms with Crippen molar-refractivity contribution in [1.82, 2.24) is 4.90 Å². The summed E-state index contributed by atoms with van der Waals surface area (Å²) in [5.41, 5.74) is 6.81. The third kappa shape index (κ3) is 6.34. The van der Waals surface area contributed by atoms with Crippen molar-refractivity contribution < 1.29 is 14.4 Å². The van der Waals surface area contributed by atoms with E-state index in [9.17, 15) is 14.4 Å². The van der Waals surface area contributed by atoms with Crippen LogP contribution in [0.3, 0.4) is 0 Å². The second-order valence-electron chi connectivity index (χ2n) is 5.41. The number of hydrogen-bond acceptors (Lipinski definition) is 3. The van der Waals surface area contributed by atoms with Crippen molar-refractivity contribution in [1.29, 1.82) is 0 Å². The zero-order valence-corrected chi connectivity index (χ0v) is 13.5. The fraction of sp³-hybridized carbons (Fsp3) is 0.353. The largest absolute Gasteiger partial charge is 0.370 e. The molecule has 1 unspecified atom stereocenters. The fourth-order valence-corrected chi connectivity index (χ4v) is 2.05. The van der Waals surface area contributed by atoms with Crippen molar-refractivity contribution in [3.05, 3.63) is 42.5 Å². The van der Waals surface area contributed by atoms with Crippen LogP contribution in [0.2, 0.25) is 0 Å². The zero-order chi connectivity index (χ0) is 17.4. The molecule has 1 aromatic carbocycles. The Hall–Kier alpha value is -2.63. The summed E-state index contributed by atoms with van der Waals surface area (Å²) >= 11 is 0. The third-order valence-electron chi connectivity index (χ3n) is 3.59. The van der Waals surface area contributed by atoms with Gasteiger partial charge >= 0.3 is 0 Å². The molecule has 0 aliphatic heterocycles. The van der Waals surface area contributed by atoms with E-state index in [4.69, 9.17) is 5.73 Å². The van der Waals surface area contributed by atoms with Gasteiger partial charge in [0, 0.05) is 31.6 Å². The van der Waals surface area contributed by atoms with E-state index in [0.717, 1.165) is 5.56 Å². The molecule has 0 bridgehead atoms. The number of benzene rings is 1. The molecule has 0 radical (unpaired) electrons. The highest BCUT2D eigenvalue weighted by atomic mass is 16.2. The number of aryl methyl sites for hydroxylation is 1. The maximum absolute atomic E-state index is 12.1. The van der Waals surface area contributed by atoms with Crippen molar-refractivity contribution >= 4 is 23.4 Å². The van der Waals surface area contributed by atoms with Crippen molar-refractivity contribution in [2.45, 2.75) is 32.2 Å². The maximum atomic E-state index is 12.1. The molecule has 0 aliphatic carbocycles. The minimum Gasteiger partial charge on any atom is -0.370 e. The number of nitrogens with two attached hydrogens (primary N) is 1. The number of anilines is 1. The fourth-order valence-electron chi connectivity index (χ4n) is 2.05. The van der Waals surface area contributed by atoms with E-state index < -0.39 is 5.91 Å². The lowest BCUT2D eigenvalue weighted by atomic mass is 10.1. The molecule has 1 atom stereocenters. The van der Waals surface area contributed by atoms with E-state index in [1.165, 1.54) is 6.08 Å². The first-order valence-electron chi connectivity index (χ1n) is 7.39. The lowest BCUT2D eigenvalue weighted by molar-refractivity contribution is -0.132. The van der Waals surface area contributed by atoms with Gasteiger partial charge in [0.2, 0.25) is 17.7 Å². The van der Waals surface area contributed by atoms with Gasteiger partial charge in [0.15, 0.2) is 0 Å². The highest BCUT2D eigenvalue weighted by molar-refractivity contribution is 5.98. The smallest absolute Gasteiger partial charge is 0.247 e. The zero-order valence-electron chi connectivity index (χ0n) is 13.5. The van der Waals surface area contributed by atoms with Gasteiger partial charge in [-0.15, -0.1) is 0 Å². The standard InChI is InChI=1S/C17H23N3O3/c1-4-16(22)19-14-8-5-13(6-9-14)7-10-17(23)20(3)12(2)11-15(18)21/h4-6,8-9,12H,1,7,10-11H2,2-3H3,(H2,18,21)(H,19,22). The Kier molecular flexibility index (Phi) is 6.99. The molecule has 0 aliphatic rings. The summed E-state index contributed by atoms with van der Waals surface area (Å²) in [7, 11) is 1.67. The molecule has 0 fully saturated rings. The first-order chi connectivity index (χ1) is 10.8. The molecule has 1 rings (SSSR count). The number of rotatable bonds is 8. The van der Waals surface area contributed by atoms with E-state index in [1.807, 2.05) is 12.1 Å². The Balaban J connectivity index is 2.51. The summed E-state index contributed by atoms with van der Waals surface area (Å²) in [4.78, 5) is 35.7. The van der Waals surface area contributed by atoms with Gasteiger partial charge in [-0.1, -0.05) is 18.7 Å². The predicted octanol–water partition coefficient (Wildman–Crippen LogP) is 1.47. The quantitative estimate of drug-likeness (QED) is 0.711. The molecular weight excluding hydrogens is 294 g/mol. The summed E-state index contributed by atoms with van der Waals surface area (Å²) in [6, 6.07) is 7.07. The normalized spacial score (nSPS) is 11.4. The highest BCUT2D eigenvalue weighted by Gasteiger charge is 2.17. The number of nitrogens with one attached hydrogen (secondary N) is 1. The molecule has 0 saturated carbocycles. The Bertz CT molecular complexity index is 581. The predicted molar refractivity (Wildman–Crippen MR) is 89.6 cm³/mol. The van der Waals surface area contributed by atoms with Crippen LogP contribution in [0.15, 0.2) is 36.9 Å². The second-order valence-corrected chi connectivity index (χ2v) is 5.41. The summed E-state index contributed by atoms with van der Waals surface area (Å²) in [5.74, 6) is -0.727. The lowest BCUT2D eigenvalue weighted by Crippen LogP contribution is -2.37. The first-order valence-corrected chi connectivity index (χ1v) is 7.39. The number of carbonyl (C=O) groups is 3. The molecule has 0 spiro atoms. The van der Waals surface area contributed by atoms with Crippen LogP contribution in [-0.2, 0) is 20.8 Å². The topological polar surface area (TPSA) is 92.5 Å². The number of carbonyl (C=O) groups excluding carboxylic acids is 3. The maximum Gasteiger partial charge on any atom is 0.247 e. The number of primary amides is 1. The average Bonchev–Trinajstić information content (AvgIpc) is 2.52. The number of hydrogen-bond donors (Lipinski definition) is 2. The van der Waals surface area contributed by atoms with E-state index in [-0.39, 0.29) is 24.3 Å². The monoisotopic (exact) mass is 317 g/mol. The molecular formula is C17H23N3O3. The molecule has 0 saturated heterocycles. The molecule has 124 valence electrons. The molecule has 1 aromatic rings. The van der Waals surface area contributed by atoms with Crippen molar-refractivity contribution in [2.75, 3.05) is 12.4 Å². The lowest BCUT2D eigenvalue weighted by Gasteiger charge is -2.24. The van der Waals surface area contributed by atoms with Gasteiger partial charge in [-0.25, -0.2) is 0 Å². The molecule has 23 heavy (non-hydrogen) atoms. The highest BCUT2D eigenvalue weighted by Crippen LogP contribution is 2.12. The van der Waals surface area contributed by atoms with Crippen LogP contribution in [0.1, 0.15) is 25.3 Å². The molecule has 0 heterocycles. The van der Waals surface area contributed by atoms with Gasteiger partial charge < -0.3 is 16.0 Å². The van der Waals surface area contributed by atoms with Crippen molar-refractivity contribution in [3.63, 3.8) is 0 Å². The summed E-state index contributed by atoms with van der Waals surface area (Å²) in [6.07, 6.45) is 2.29. The van der Waals surface area contributed by atoms with Crippen LogP contribution in [0.5, 0.6) is 0 Å². The Morgan fingerprint density at radius 2 is 1.91 bits per heavy atom. The minimum absolute atomic E-state index is 0.0391. The van der Waals surface area contributed by atoms with E-state index in [1.54, 1.807) is 31.0 Å². The third-order valence-corrected chi connectivity index (χ3v) is 3.59. The van der Waals surface area contributed by atoms with Gasteiger partial charge in [0.1, 0.15) is 0 Å². The SMILES string of the molecule is C=CC(=O)Nc1ccc(CCC(=O)N(C)C(C)CC(N)=O)cc1. The molecule has 3 N–H and O–H groups in total. The van der Waals surface area contributed by atoms with Gasteiger partial charge in [-0.05, 0) is 37.1 Å². The summed E-state index contributed by atoms with van der Waals surface area (Å²) < 4.78 is 0. The Labute approximate surface area is 136 Å². The van der Waals surface area contributed by atoms with Crippen molar-refractivity contribution in [2.24, 2.45) is 5.73 Å². The van der Waals surface area contributed by atoms with Crippen LogP contribution in [0, 0.1) is 0 Å². The van der Waals surface area contributed by atoms with Crippen LogP contribution in [-0.4, -0.2) is 35.7 Å². The molecule has 0 aromatic heterocycles. The van der Waals surface area contributed by atoms with Crippen LogP contribution in [0.4, 0.5) is 5.69 Å². The second kappa shape index (κ2) is 8.73. The van der Waals surface area contributed by atoms with Crippen LogP contribution >= 0.6 is 0 Å². The van der Waals surface area contributed by atoms with Crippen LogP contribution in [0.25, 0.3) is 0 Å². The minimum atomic E-state index is -0.422. The molecule has 3 amide bonds. The van der Waals surface area contributed by atoms with Gasteiger partial charge in [0.25, 0.3) is 0 Å². The van der Waals surface area contributed by atoms with Crippen molar-refractivity contribution in [3.8, 4) is 0 Å². The summed E-state index contributed by atoms with van der Waals surface area (Å²) in [6.45, 7) is 5.18. The first kappa shape index (κ1) is 18.4. The average molecular weight is 317 g/mol. The molecule has 6 nitrogen and oxygen atoms in total. The van der Waals surface area contributed by atoms with E-state index >= 15 is 0 Å². The van der Waals surface area contributed by atoms with Gasteiger partial charge in [0.05, 0.1) is 0 Å². The van der Waals surface area contributed by atoms with Gasteiger partial charge in [-0.3, -0.25) is 14.4 Å². The molecule has 6 heteroatoms. The summed E-state index contributed by atoms with van der Waals surface area (Å²) in [5, 5.41) is 2.66. The van der Waals surface area contributed by atoms with Crippen LogP contribution < -0.4 is 11.1 Å². The Morgan fingerprint density at radius 1 is 1.30 bits per heavy atom. The van der Waals surface area contributed by atoms with Gasteiger partial charge in [-0.2, -0.15) is 0 Å². The Morgan fingerprint density at radius 3 is 2.43 bits per heavy atom.